The molecule has 2 aromatic rings. The van der Waals surface area contributed by atoms with Gasteiger partial charge >= 0.3 is 0 Å². The summed E-state index contributed by atoms with van der Waals surface area (Å²) in [7, 11) is -2.05. The van der Waals surface area contributed by atoms with Crippen molar-refractivity contribution in [2.24, 2.45) is 0 Å². The van der Waals surface area contributed by atoms with Gasteiger partial charge in [-0.15, -0.1) is 0 Å². The van der Waals surface area contributed by atoms with E-state index >= 15 is 0 Å². The number of sulfonamides is 1. The number of aromatic nitrogens is 2. The molecule has 0 saturated carbocycles. The molecule has 0 aliphatic heterocycles. The largest absolute Gasteiger partial charge is 0.348 e. The summed E-state index contributed by atoms with van der Waals surface area (Å²) in [5.41, 5.74) is 1.35. The summed E-state index contributed by atoms with van der Waals surface area (Å²) in [4.78, 5) is 6.70. The Kier molecular flexibility index (Phi) is 5.05. The summed E-state index contributed by atoms with van der Waals surface area (Å²) in [5.74, 6) is -0.580. The SMILES string of the molecule is CNCc1ccc(F)cc1S(=O)(=O)NCCc1cnc[nH]1. The number of H-pyrrole nitrogens is 1. The highest BCUT2D eigenvalue weighted by molar-refractivity contribution is 7.89. The molecule has 1 aromatic heterocycles. The van der Waals surface area contributed by atoms with E-state index in [0.717, 1.165) is 11.8 Å². The van der Waals surface area contributed by atoms with E-state index in [-0.39, 0.29) is 11.4 Å². The van der Waals surface area contributed by atoms with Crippen molar-refractivity contribution >= 4 is 10.0 Å². The van der Waals surface area contributed by atoms with Gasteiger partial charge in [-0.3, -0.25) is 0 Å². The number of hydrogen-bond acceptors (Lipinski definition) is 4. The quantitative estimate of drug-likeness (QED) is 0.705. The summed E-state index contributed by atoms with van der Waals surface area (Å²) < 4.78 is 40.4. The van der Waals surface area contributed by atoms with Crippen LogP contribution in [-0.2, 0) is 23.0 Å². The van der Waals surface area contributed by atoms with Gasteiger partial charge < -0.3 is 10.3 Å². The fourth-order valence-corrected chi connectivity index (χ4v) is 3.21. The lowest BCUT2D eigenvalue weighted by atomic mass is 10.2. The molecule has 6 nitrogen and oxygen atoms in total. The molecule has 114 valence electrons. The molecule has 8 heteroatoms. The number of halogens is 1. The van der Waals surface area contributed by atoms with E-state index in [1.165, 1.54) is 18.5 Å². The Morgan fingerprint density at radius 1 is 1.38 bits per heavy atom. The van der Waals surface area contributed by atoms with Crippen molar-refractivity contribution in [3.05, 3.63) is 47.8 Å². The lowest BCUT2D eigenvalue weighted by Crippen LogP contribution is -2.27. The normalized spacial score (nSPS) is 11.7. The maximum Gasteiger partial charge on any atom is 0.241 e. The number of nitrogens with one attached hydrogen (secondary N) is 3. The van der Waals surface area contributed by atoms with Gasteiger partial charge in [0.25, 0.3) is 0 Å². The highest BCUT2D eigenvalue weighted by Gasteiger charge is 2.18. The third-order valence-electron chi connectivity index (χ3n) is 2.93. The molecular formula is C13H17FN4O2S. The Labute approximate surface area is 122 Å². The van der Waals surface area contributed by atoms with Crippen molar-refractivity contribution in [2.45, 2.75) is 17.9 Å². The number of imidazole rings is 1. The molecule has 2 rings (SSSR count). The van der Waals surface area contributed by atoms with Crippen LogP contribution in [0, 0.1) is 5.82 Å². The molecule has 0 radical (unpaired) electrons. The minimum atomic E-state index is -3.75. The van der Waals surface area contributed by atoms with Crippen LogP contribution in [0.25, 0.3) is 0 Å². The first-order valence-electron chi connectivity index (χ1n) is 6.43. The molecule has 1 aromatic carbocycles. The van der Waals surface area contributed by atoms with E-state index in [4.69, 9.17) is 0 Å². The van der Waals surface area contributed by atoms with Crippen LogP contribution < -0.4 is 10.0 Å². The molecule has 21 heavy (non-hydrogen) atoms. The lowest BCUT2D eigenvalue weighted by molar-refractivity contribution is 0.574. The van der Waals surface area contributed by atoms with Gasteiger partial charge in [-0.05, 0) is 24.7 Å². The van der Waals surface area contributed by atoms with Gasteiger partial charge in [0.1, 0.15) is 5.82 Å². The Morgan fingerprint density at radius 2 is 2.19 bits per heavy atom. The van der Waals surface area contributed by atoms with Gasteiger partial charge in [0.2, 0.25) is 10.0 Å². The van der Waals surface area contributed by atoms with Crippen LogP contribution in [0.2, 0.25) is 0 Å². The number of benzene rings is 1. The Bertz CT molecular complexity index is 686. The molecule has 0 amide bonds. The summed E-state index contributed by atoms with van der Waals surface area (Å²) in [6.07, 6.45) is 3.64. The zero-order valence-corrected chi connectivity index (χ0v) is 12.4. The fraction of sp³-hybridized carbons (Fsp3) is 0.308. The molecule has 0 aliphatic carbocycles. The Balaban J connectivity index is 2.12. The van der Waals surface area contributed by atoms with E-state index in [1.807, 2.05) is 0 Å². The third-order valence-corrected chi connectivity index (χ3v) is 4.47. The number of nitrogens with zero attached hydrogens (tertiary/aromatic N) is 1. The Hall–Kier alpha value is -1.77. The van der Waals surface area contributed by atoms with Gasteiger partial charge in [-0.25, -0.2) is 22.5 Å². The molecule has 1 heterocycles. The first-order valence-corrected chi connectivity index (χ1v) is 7.91. The lowest BCUT2D eigenvalue weighted by Gasteiger charge is -2.11. The van der Waals surface area contributed by atoms with Crippen molar-refractivity contribution in [3.63, 3.8) is 0 Å². The van der Waals surface area contributed by atoms with Crippen molar-refractivity contribution in [2.75, 3.05) is 13.6 Å². The fourth-order valence-electron chi connectivity index (χ4n) is 1.93. The van der Waals surface area contributed by atoms with Gasteiger partial charge in [-0.1, -0.05) is 6.07 Å². The zero-order chi connectivity index (χ0) is 15.3. The average Bonchev–Trinajstić information content (AvgIpc) is 2.94. The molecular weight excluding hydrogens is 295 g/mol. The first kappa shape index (κ1) is 15.6. The number of rotatable bonds is 7. The number of aromatic amines is 1. The average molecular weight is 312 g/mol. The van der Waals surface area contributed by atoms with Gasteiger partial charge in [0.15, 0.2) is 0 Å². The molecule has 0 saturated heterocycles. The smallest absolute Gasteiger partial charge is 0.241 e. The molecule has 0 unspecified atom stereocenters. The van der Waals surface area contributed by atoms with Crippen LogP contribution in [0.4, 0.5) is 4.39 Å². The van der Waals surface area contributed by atoms with E-state index in [2.05, 4.69) is 20.0 Å². The van der Waals surface area contributed by atoms with Crippen LogP contribution in [0.3, 0.4) is 0 Å². The zero-order valence-electron chi connectivity index (χ0n) is 11.6. The minimum absolute atomic E-state index is 0.0403. The monoisotopic (exact) mass is 312 g/mol. The van der Waals surface area contributed by atoms with Crippen LogP contribution in [0.15, 0.2) is 35.6 Å². The molecule has 3 N–H and O–H groups in total. The van der Waals surface area contributed by atoms with Crippen molar-refractivity contribution in [1.29, 1.82) is 0 Å². The molecule has 0 fully saturated rings. The highest BCUT2D eigenvalue weighted by atomic mass is 32.2. The summed E-state index contributed by atoms with van der Waals surface area (Å²) in [6, 6.07) is 3.75. The van der Waals surface area contributed by atoms with Crippen LogP contribution in [0.1, 0.15) is 11.3 Å². The van der Waals surface area contributed by atoms with Crippen LogP contribution in [0.5, 0.6) is 0 Å². The predicted molar refractivity (Wildman–Crippen MR) is 76.6 cm³/mol. The topological polar surface area (TPSA) is 86.9 Å². The first-order chi connectivity index (χ1) is 10.0. The summed E-state index contributed by atoms with van der Waals surface area (Å²) in [6.45, 7) is 0.553. The van der Waals surface area contributed by atoms with E-state index in [0.29, 0.717) is 18.5 Å². The maximum atomic E-state index is 13.3. The van der Waals surface area contributed by atoms with Crippen LogP contribution in [-0.4, -0.2) is 32.0 Å². The molecule has 0 spiro atoms. The predicted octanol–water partition coefficient (Wildman–Crippen LogP) is 0.789. The van der Waals surface area contributed by atoms with E-state index in [9.17, 15) is 12.8 Å². The van der Waals surface area contributed by atoms with Gasteiger partial charge in [-0.2, -0.15) is 0 Å². The van der Waals surface area contributed by atoms with E-state index in [1.54, 1.807) is 13.2 Å². The second-order valence-corrected chi connectivity index (χ2v) is 6.24. The Morgan fingerprint density at radius 3 is 2.86 bits per heavy atom. The molecule has 0 aliphatic rings. The van der Waals surface area contributed by atoms with Crippen molar-refractivity contribution in [1.82, 2.24) is 20.0 Å². The highest BCUT2D eigenvalue weighted by Crippen LogP contribution is 2.17. The summed E-state index contributed by atoms with van der Waals surface area (Å²) >= 11 is 0. The van der Waals surface area contributed by atoms with Crippen molar-refractivity contribution in [3.8, 4) is 0 Å². The minimum Gasteiger partial charge on any atom is -0.348 e. The number of hydrogen-bond donors (Lipinski definition) is 3. The second-order valence-electron chi connectivity index (χ2n) is 4.51. The molecule has 0 atom stereocenters. The van der Waals surface area contributed by atoms with Gasteiger partial charge in [0, 0.05) is 31.4 Å². The molecule has 0 bridgehead atoms. The third kappa shape index (κ3) is 4.10. The van der Waals surface area contributed by atoms with Gasteiger partial charge in [0.05, 0.1) is 11.2 Å². The van der Waals surface area contributed by atoms with Crippen LogP contribution >= 0.6 is 0 Å². The summed E-state index contributed by atoms with van der Waals surface area (Å²) in [5, 5.41) is 2.87. The van der Waals surface area contributed by atoms with Crippen molar-refractivity contribution < 1.29 is 12.8 Å². The standard InChI is InChI=1S/C13H17FN4O2S/c1-15-7-10-2-3-11(14)6-13(10)21(19,20)18-5-4-12-8-16-9-17-12/h2-3,6,8-9,15,18H,4-5,7H2,1H3,(H,16,17). The van der Waals surface area contributed by atoms with E-state index < -0.39 is 15.8 Å². The maximum absolute atomic E-state index is 13.3. The second kappa shape index (κ2) is 6.79.